The van der Waals surface area contributed by atoms with Gasteiger partial charge in [-0.15, -0.1) is 0 Å². The van der Waals surface area contributed by atoms with Crippen molar-refractivity contribution in [1.29, 1.82) is 0 Å². The molecule has 0 bridgehead atoms. The molecule has 0 unspecified atom stereocenters. The van der Waals surface area contributed by atoms with Gasteiger partial charge in [-0.05, 0) is 24.0 Å². The molecule has 1 aliphatic heterocycles. The maximum absolute atomic E-state index is 11.8. The third kappa shape index (κ3) is 5.03. The fourth-order valence-electron chi connectivity index (χ4n) is 3.64. The molecular formula is C19H30O8. The number of aliphatic hydroxyl groups excluding tert-OH is 5. The fourth-order valence-corrected chi connectivity index (χ4v) is 3.64. The van der Waals surface area contributed by atoms with Gasteiger partial charge >= 0.3 is 0 Å². The van der Waals surface area contributed by atoms with Gasteiger partial charge < -0.3 is 35.0 Å². The van der Waals surface area contributed by atoms with Gasteiger partial charge in [-0.3, -0.25) is 4.79 Å². The lowest BCUT2D eigenvalue weighted by molar-refractivity contribution is -0.306. The molecule has 5 N–H and O–H groups in total. The minimum absolute atomic E-state index is 0.0145. The Morgan fingerprint density at radius 1 is 1.26 bits per heavy atom. The van der Waals surface area contributed by atoms with Gasteiger partial charge in [0.1, 0.15) is 24.4 Å². The molecule has 27 heavy (non-hydrogen) atoms. The van der Waals surface area contributed by atoms with Gasteiger partial charge in [-0.25, -0.2) is 0 Å². The molecule has 8 heteroatoms. The predicted molar refractivity (Wildman–Crippen MR) is 95.5 cm³/mol. The SMILES string of the molecule is C[C@H](/C=C/[C@@H]1C(CO)=CC(=O)CC1(C)C)O[C@@H]1O[C@H](CO)[C@@H](O)[C@H](O)[C@H]1O. The van der Waals surface area contributed by atoms with Gasteiger partial charge in [0.2, 0.25) is 0 Å². The lowest BCUT2D eigenvalue weighted by Crippen LogP contribution is -2.59. The standard InChI is InChI=1S/C19H30O8/c1-10(26-18-17(25)16(24)15(23)14(9-21)27-18)4-5-13-11(8-20)6-12(22)7-19(13,2)3/h4-6,10,13-18,20-21,23-25H,7-9H2,1-3H3/b5-4+/t10-,13-,14-,15-,16+,17-,18-/m1/s1. The normalized spacial score (nSPS) is 38.1. The van der Waals surface area contributed by atoms with Gasteiger partial charge in [0.15, 0.2) is 12.1 Å². The van der Waals surface area contributed by atoms with Crippen LogP contribution in [0, 0.1) is 11.3 Å². The maximum atomic E-state index is 11.8. The average molecular weight is 386 g/mol. The molecular weight excluding hydrogens is 356 g/mol. The van der Waals surface area contributed by atoms with Crippen molar-refractivity contribution in [3.63, 3.8) is 0 Å². The molecule has 2 aliphatic rings. The summed E-state index contributed by atoms with van der Waals surface area (Å²) >= 11 is 0. The van der Waals surface area contributed by atoms with E-state index < -0.39 is 43.4 Å². The molecule has 1 saturated heterocycles. The van der Waals surface area contributed by atoms with Crippen molar-refractivity contribution in [1.82, 2.24) is 0 Å². The molecule has 1 aliphatic carbocycles. The molecule has 0 amide bonds. The predicted octanol–water partition coefficient (Wildman–Crippen LogP) is -0.718. The molecule has 0 aromatic carbocycles. The van der Waals surface area contributed by atoms with E-state index >= 15 is 0 Å². The Labute approximate surface area is 158 Å². The second-order valence-corrected chi connectivity index (χ2v) is 7.91. The lowest BCUT2D eigenvalue weighted by atomic mass is 9.68. The van der Waals surface area contributed by atoms with Crippen LogP contribution in [0.2, 0.25) is 0 Å². The quantitative estimate of drug-likeness (QED) is 0.377. The number of ketones is 1. The van der Waals surface area contributed by atoms with E-state index in [0.29, 0.717) is 12.0 Å². The molecule has 0 spiro atoms. The maximum Gasteiger partial charge on any atom is 0.187 e. The van der Waals surface area contributed by atoms with E-state index in [2.05, 4.69) is 0 Å². The highest BCUT2D eigenvalue weighted by atomic mass is 16.7. The largest absolute Gasteiger partial charge is 0.394 e. The molecule has 7 atom stereocenters. The summed E-state index contributed by atoms with van der Waals surface area (Å²) in [6.45, 7) is 4.87. The van der Waals surface area contributed by atoms with Crippen LogP contribution in [0.5, 0.6) is 0 Å². The molecule has 0 aromatic rings. The minimum Gasteiger partial charge on any atom is -0.394 e. The van der Waals surface area contributed by atoms with Crippen LogP contribution in [-0.4, -0.2) is 81.3 Å². The second kappa shape index (κ2) is 8.91. The van der Waals surface area contributed by atoms with Crippen molar-refractivity contribution >= 4 is 5.78 Å². The Morgan fingerprint density at radius 3 is 2.52 bits per heavy atom. The Bertz CT molecular complexity index is 582. The summed E-state index contributed by atoms with van der Waals surface area (Å²) in [6, 6.07) is 0. The monoisotopic (exact) mass is 386 g/mol. The third-order valence-electron chi connectivity index (χ3n) is 5.17. The van der Waals surface area contributed by atoms with Crippen LogP contribution in [0.4, 0.5) is 0 Å². The zero-order valence-corrected chi connectivity index (χ0v) is 15.9. The minimum atomic E-state index is -1.50. The van der Waals surface area contributed by atoms with E-state index in [9.17, 15) is 30.3 Å². The van der Waals surface area contributed by atoms with E-state index in [-0.39, 0.29) is 23.7 Å². The van der Waals surface area contributed by atoms with Crippen molar-refractivity contribution in [2.24, 2.45) is 11.3 Å². The van der Waals surface area contributed by atoms with Crippen molar-refractivity contribution < 1.29 is 39.8 Å². The lowest BCUT2D eigenvalue weighted by Gasteiger charge is -2.40. The topological polar surface area (TPSA) is 137 Å². The zero-order valence-electron chi connectivity index (χ0n) is 15.9. The molecule has 0 saturated carbocycles. The third-order valence-corrected chi connectivity index (χ3v) is 5.17. The van der Waals surface area contributed by atoms with Crippen molar-refractivity contribution in [3.05, 3.63) is 23.8 Å². The van der Waals surface area contributed by atoms with Gasteiger partial charge in [-0.2, -0.15) is 0 Å². The molecule has 0 radical (unpaired) electrons. The number of carbonyl (C=O) groups excluding carboxylic acids is 1. The van der Waals surface area contributed by atoms with Crippen molar-refractivity contribution in [2.45, 2.75) is 64.0 Å². The van der Waals surface area contributed by atoms with E-state index in [4.69, 9.17) is 9.47 Å². The van der Waals surface area contributed by atoms with Crippen LogP contribution in [0.3, 0.4) is 0 Å². The summed E-state index contributed by atoms with van der Waals surface area (Å²) in [5.41, 5.74) is 0.274. The molecule has 1 fully saturated rings. The molecule has 1 heterocycles. The van der Waals surface area contributed by atoms with Crippen LogP contribution in [0.1, 0.15) is 27.2 Å². The fraction of sp³-hybridized carbons (Fsp3) is 0.737. The Balaban J connectivity index is 2.06. The number of carbonyl (C=O) groups is 1. The summed E-state index contributed by atoms with van der Waals surface area (Å²) in [4.78, 5) is 11.8. The summed E-state index contributed by atoms with van der Waals surface area (Å²) < 4.78 is 10.9. The number of ether oxygens (including phenoxy) is 2. The zero-order chi connectivity index (χ0) is 20.4. The van der Waals surface area contributed by atoms with Crippen LogP contribution in [-0.2, 0) is 14.3 Å². The van der Waals surface area contributed by atoms with E-state index in [0.717, 1.165) is 0 Å². The van der Waals surface area contributed by atoms with E-state index in [1.165, 1.54) is 6.08 Å². The first-order chi connectivity index (χ1) is 12.6. The highest BCUT2D eigenvalue weighted by Crippen LogP contribution is 2.40. The van der Waals surface area contributed by atoms with Gasteiger partial charge in [-0.1, -0.05) is 26.0 Å². The van der Waals surface area contributed by atoms with E-state index in [1.54, 1.807) is 13.0 Å². The van der Waals surface area contributed by atoms with Crippen LogP contribution in [0.15, 0.2) is 23.8 Å². The smallest absolute Gasteiger partial charge is 0.187 e. The number of aliphatic hydroxyl groups is 5. The molecule has 2 rings (SSSR count). The van der Waals surface area contributed by atoms with Crippen molar-refractivity contribution in [2.75, 3.05) is 13.2 Å². The average Bonchev–Trinajstić information content (AvgIpc) is 2.59. The van der Waals surface area contributed by atoms with Crippen LogP contribution < -0.4 is 0 Å². The number of hydrogen-bond acceptors (Lipinski definition) is 8. The highest BCUT2D eigenvalue weighted by Gasteiger charge is 2.44. The van der Waals surface area contributed by atoms with Crippen LogP contribution >= 0.6 is 0 Å². The summed E-state index contributed by atoms with van der Waals surface area (Å²) in [6.07, 6.45) is -1.74. The molecule has 0 aromatic heterocycles. The number of rotatable bonds is 6. The van der Waals surface area contributed by atoms with Gasteiger partial charge in [0.25, 0.3) is 0 Å². The van der Waals surface area contributed by atoms with Gasteiger partial charge in [0.05, 0.1) is 19.3 Å². The first kappa shape index (κ1) is 22.2. The molecule has 8 nitrogen and oxygen atoms in total. The Kier molecular flexibility index (Phi) is 7.32. The highest BCUT2D eigenvalue weighted by molar-refractivity contribution is 5.92. The molecule has 154 valence electrons. The first-order valence-electron chi connectivity index (χ1n) is 9.09. The van der Waals surface area contributed by atoms with Gasteiger partial charge in [0, 0.05) is 12.3 Å². The van der Waals surface area contributed by atoms with E-state index in [1.807, 2.05) is 19.9 Å². The van der Waals surface area contributed by atoms with Crippen molar-refractivity contribution in [3.8, 4) is 0 Å². The number of hydrogen-bond donors (Lipinski definition) is 5. The summed E-state index contributed by atoms with van der Waals surface area (Å²) in [5.74, 6) is -0.166. The van der Waals surface area contributed by atoms with Crippen LogP contribution in [0.25, 0.3) is 0 Å². The number of allylic oxidation sites excluding steroid dienone is 2. The first-order valence-corrected chi connectivity index (χ1v) is 9.09. The summed E-state index contributed by atoms with van der Waals surface area (Å²) in [7, 11) is 0. The summed E-state index contributed by atoms with van der Waals surface area (Å²) in [5, 5.41) is 48.4. The Hall–Kier alpha value is -1.13. The Morgan fingerprint density at radius 2 is 1.93 bits per heavy atom. The second-order valence-electron chi connectivity index (χ2n) is 7.91.